The molecule has 0 bridgehead atoms. The maximum atomic E-state index is 13.1. The van der Waals surface area contributed by atoms with Gasteiger partial charge in [-0.25, -0.2) is 4.21 Å². The lowest BCUT2D eigenvalue weighted by Gasteiger charge is -2.21. The molecule has 28 heavy (non-hydrogen) atoms. The maximum absolute atomic E-state index is 13.1. The van der Waals surface area contributed by atoms with Gasteiger partial charge in [0.05, 0.1) is 37.9 Å². The van der Waals surface area contributed by atoms with Gasteiger partial charge in [-0.2, -0.15) is 0 Å². The molecule has 4 rings (SSSR count). The molecule has 2 aromatic rings. The molecule has 0 saturated carbocycles. The molecule has 2 aliphatic heterocycles. The first-order valence-corrected chi connectivity index (χ1v) is 10.6. The van der Waals surface area contributed by atoms with Crippen LogP contribution in [0, 0.1) is 0 Å². The topological polar surface area (TPSA) is 75.7 Å². The molecule has 1 saturated heterocycles. The van der Waals surface area contributed by atoms with Crippen molar-refractivity contribution in [3.63, 3.8) is 0 Å². The van der Waals surface area contributed by atoms with Gasteiger partial charge in [0.2, 0.25) is 0 Å². The second kappa shape index (κ2) is 7.85. The first kappa shape index (κ1) is 18.8. The molecule has 6 nitrogen and oxygen atoms in total. The lowest BCUT2D eigenvalue weighted by Crippen LogP contribution is -2.33. The molecule has 0 unspecified atom stereocenters. The zero-order chi connectivity index (χ0) is 19.7. The summed E-state index contributed by atoms with van der Waals surface area (Å²) >= 11 is 0. The molecule has 0 radical (unpaired) electrons. The van der Waals surface area contributed by atoms with E-state index in [1.54, 1.807) is 47.4 Å². The van der Waals surface area contributed by atoms with Crippen molar-refractivity contribution in [3.05, 3.63) is 53.6 Å². The van der Waals surface area contributed by atoms with Crippen LogP contribution in [-0.2, 0) is 15.5 Å². The Morgan fingerprint density at radius 1 is 1.25 bits per heavy atom. The second-order valence-corrected chi connectivity index (χ2v) is 8.26. The van der Waals surface area contributed by atoms with E-state index in [9.17, 15) is 13.8 Å². The molecule has 146 valence electrons. The van der Waals surface area contributed by atoms with Crippen molar-refractivity contribution >= 4 is 28.3 Å². The molecule has 2 amide bonds. The highest BCUT2D eigenvalue weighted by Gasteiger charge is 2.30. The lowest BCUT2D eigenvalue weighted by atomic mass is 10.1. The van der Waals surface area contributed by atoms with Gasteiger partial charge < -0.3 is 15.0 Å². The largest absolute Gasteiger partial charge is 0.376 e. The van der Waals surface area contributed by atoms with Gasteiger partial charge in [-0.05, 0) is 50.1 Å². The summed E-state index contributed by atoms with van der Waals surface area (Å²) in [4.78, 5) is 28.3. The number of benzene rings is 2. The van der Waals surface area contributed by atoms with Gasteiger partial charge in [-0.15, -0.1) is 0 Å². The van der Waals surface area contributed by atoms with Gasteiger partial charge in [-0.3, -0.25) is 9.59 Å². The van der Waals surface area contributed by atoms with Crippen LogP contribution in [0.2, 0.25) is 0 Å². The molecule has 7 heteroatoms. The average molecular weight is 398 g/mol. The molecule has 2 atom stereocenters. The highest BCUT2D eigenvalue weighted by atomic mass is 32.2. The van der Waals surface area contributed by atoms with Crippen LogP contribution in [0.4, 0.5) is 5.69 Å². The highest BCUT2D eigenvalue weighted by Crippen LogP contribution is 2.35. The number of hydrogen-bond donors (Lipinski definition) is 1. The van der Waals surface area contributed by atoms with Gasteiger partial charge >= 0.3 is 0 Å². The molecule has 2 aliphatic rings. The van der Waals surface area contributed by atoms with Crippen molar-refractivity contribution < 1.29 is 18.5 Å². The van der Waals surface area contributed by atoms with E-state index in [0.29, 0.717) is 39.7 Å². The fraction of sp³-hybridized carbons (Fsp3) is 0.333. The number of rotatable bonds is 4. The Kier molecular flexibility index (Phi) is 5.28. The van der Waals surface area contributed by atoms with Crippen LogP contribution in [0.15, 0.2) is 52.3 Å². The SMILES string of the molecule is CCN1C(=O)c2ccccc2[S@](=O)c2ccc(C(=O)NC[C@@H]3CCCO3)cc21. The van der Waals surface area contributed by atoms with Gasteiger partial charge in [-0.1, -0.05) is 12.1 Å². The number of nitrogens with one attached hydrogen (secondary N) is 1. The minimum atomic E-state index is -1.49. The quantitative estimate of drug-likeness (QED) is 0.859. The third-order valence-electron chi connectivity index (χ3n) is 5.10. The standard InChI is InChI=1S/C21H22N2O4S/c1-2-23-17-12-14(20(24)22-13-15-6-5-11-27-15)9-10-19(17)28(26)18-8-4-3-7-16(18)21(23)25/h3-4,7-10,12,15H,2,5-6,11,13H2,1H3,(H,22,24)/t15-,28-/m0/s1. The maximum Gasteiger partial charge on any atom is 0.259 e. The van der Waals surface area contributed by atoms with E-state index in [1.165, 1.54) is 0 Å². The summed E-state index contributed by atoms with van der Waals surface area (Å²) < 4.78 is 18.7. The summed E-state index contributed by atoms with van der Waals surface area (Å²) in [6.45, 7) is 3.48. The van der Waals surface area contributed by atoms with Gasteiger partial charge in [0.25, 0.3) is 11.8 Å². The van der Waals surface area contributed by atoms with Crippen LogP contribution in [0.3, 0.4) is 0 Å². The van der Waals surface area contributed by atoms with Crippen LogP contribution in [0.5, 0.6) is 0 Å². The van der Waals surface area contributed by atoms with Crippen molar-refractivity contribution in [3.8, 4) is 0 Å². The summed E-state index contributed by atoms with van der Waals surface area (Å²) in [5.74, 6) is -0.434. The predicted octanol–water partition coefficient (Wildman–Crippen LogP) is 2.74. The van der Waals surface area contributed by atoms with Crippen LogP contribution >= 0.6 is 0 Å². The smallest absolute Gasteiger partial charge is 0.259 e. The Hall–Kier alpha value is -2.51. The molecular weight excluding hydrogens is 376 g/mol. The highest BCUT2D eigenvalue weighted by molar-refractivity contribution is 7.85. The van der Waals surface area contributed by atoms with Crippen molar-refractivity contribution in [1.82, 2.24) is 5.32 Å². The van der Waals surface area contributed by atoms with Crippen molar-refractivity contribution in [2.75, 3.05) is 24.6 Å². The molecule has 0 spiro atoms. The lowest BCUT2D eigenvalue weighted by molar-refractivity contribution is 0.0857. The summed E-state index contributed by atoms with van der Waals surface area (Å²) in [7, 11) is -1.49. The number of carbonyl (C=O) groups is 2. The molecular formula is C21H22N2O4S. The fourth-order valence-electron chi connectivity index (χ4n) is 3.63. The third-order valence-corrected chi connectivity index (χ3v) is 6.60. The number of nitrogens with zero attached hydrogens (tertiary/aromatic N) is 1. The first-order valence-electron chi connectivity index (χ1n) is 9.46. The summed E-state index contributed by atoms with van der Waals surface area (Å²) in [5, 5.41) is 2.89. The predicted molar refractivity (Wildman–Crippen MR) is 106 cm³/mol. The Morgan fingerprint density at radius 2 is 2.07 bits per heavy atom. The van der Waals surface area contributed by atoms with E-state index in [-0.39, 0.29) is 17.9 Å². The van der Waals surface area contributed by atoms with E-state index >= 15 is 0 Å². The normalized spacial score (nSPS) is 21.0. The number of hydrogen-bond acceptors (Lipinski definition) is 4. The molecule has 0 aromatic heterocycles. The monoisotopic (exact) mass is 398 g/mol. The molecule has 0 aliphatic carbocycles. The number of ether oxygens (including phenoxy) is 1. The Bertz CT molecular complexity index is 953. The number of carbonyl (C=O) groups excluding carboxylic acids is 2. The second-order valence-electron chi connectivity index (χ2n) is 6.84. The van der Waals surface area contributed by atoms with Gasteiger partial charge in [0.15, 0.2) is 0 Å². The fourth-order valence-corrected chi connectivity index (χ4v) is 4.98. The van der Waals surface area contributed by atoms with Crippen LogP contribution < -0.4 is 10.2 Å². The minimum Gasteiger partial charge on any atom is -0.376 e. The van der Waals surface area contributed by atoms with E-state index in [1.807, 2.05) is 6.92 Å². The van der Waals surface area contributed by atoms with Crippen LogP contribution in [-0.4, -0.2) is 41.8 Å². The van der Waals surface area contributed by atoms with Crippen molar-refractivity contribution in [2.45, 2.75) is 35.7 Å². The summed E-state index contributed by atoms with van der Waals surface area (Å²) in [5.41, 5.74) is 1.39. The molecule has 2 heterocycles. The minimum absolute atomic E-state index is 0.0560. The van der Waals surface area contributed by atoms with E-state index in [4.69, 9.17) is 4.74 Å². The van der Waals surface area contributed by atoms with E-state index in [0.717, 1.165) is 19.4 Å². The molecule has 1 fully saturated rings. The van der Waals surface area contributed by atoms with E-state index < -0.39 is 10.8 Å². The van der Waals surface area contributed by atoms with E-state index in [2.05, 4.69) is 5.32 Å². The number of fused-ring (bicyclic) bond motifs is 2. The van der Waals surface area contributed by atoms with Gasteiger partial charge in [0.1, 0.15) is 0 Å². The van der Waals surface area contributed by atoms with Crippen molar-refractivity contribution in [2.24, 2.45) is 0 Å². The van der Waals surface area contributed by atoms with Gasteiger partial charge in [0, 0.05) is 25.3 Å². The third kappa shape index (κ3) is 3.36. The Balaban J connectivity index is 1.67. The van der Waals surface area contributed by atoms with Crippen LogP contribution in [0.1, 0.15) is 40.5 Å². The zero-order valence-corrected chi connectivity index (χ0v) is 16.5. The average Bonchev–Trinajstić information content (AvgIpc) is 3.23. The Morgan fingerprint density at radius 3 is 2.82 bits per heavy atom. The zero-order valence-electron chi connectivity index (χ0n) is 15.6. The van der Waals surface area contributed by atoms with Crippen LogP contribution in [0.25, 0.3) is 0 Å². The number of anilines is 1. The first-order chi connectivity index (χ1) is 13.6. The van der Waals surface area contributed by atoms with Crippen molar-refractivity contribution in [1.29, 1.82) is 0 Å². The molecule has 2 aromatic carbocycles. The summed E-state index contributed by atoms with van der Waals surface area (Å²) in [6.07, 6.45) is 2.01. The molecule has 1 N–H and O–H groups in total. The number of amides is 2. The Labute approximate surface area is 166 Å². The summed E-state index contributed by atoms with van der Waals surface area (Å²) in [6, 6.07) is 12.0.